The van der Waals surface area contributed by atoms with Gasteiger partial charge in [0.1, 0.15) is 0 Å². The molecule has 15 aliphatic heterocycles. The zero-order valence-corrected chi connectivity index (χ0v) is 38.6. The number of carbonyl (C=O) groups is 6. The van der Waals surface area contributed by atoms with Crippen molar-refractivity contribution in [3.8, 4) is 34.5 Å². The second-order valence-corrected chi connectivity index (χ2v) is 17.5. The predicted molar refractivity (Wildman–Crippen MR) is 263 cm³/mol. The summed E-state index contributed by atoms with van der Waals surface area (Å²) in [5.74, 6) is -10.0. The van der Waals surface area contributed by atoms with Gasteiger partial charge < -0.3 is 62.5 Å². The van der Waals surface area contributed by atoms with Crippen LogP contribution < -0.4 is 31.9 Å². The van der Waals surface area contributed by atoms with Gasteiger partial charge in [-0.25, -0.2) is 0 Å². The van der Waals surface area contributed by atoms with E-state index < -0.39 is 69.9 Å². The molecular formula is C55H46N6O12. The molecule has 0 spiro atoms. The van der Waals surface area contributed by atoms with Crippen molar-refractivity contribution in [1.29, 1.82) is 0 Å². The summed E-state index contributed by atoms with van der Waals surface area (Å²) in [6, 6.07) is 34.2. The summed E-state index contributed by atoms with van der Waals surface area (Å²) >= 11 is 0. The largest absolute Gasteiger partial charge is 0.504 e. The molecular weight excluding hydrogens is 937 g/mol. The number of nitrogens with one attached hydrogen (secondary N) is 6. The van der Waals surface area contributed by atoms with E-state index in [9.17, 15) is 59.4 Å². The van der Waals surface area contributed by atoms with Crippen LogP contribution in [0.25, 0.3) is 0 Å². The number of hydrogen-bond acceptors (Lipinski definition) is 12. The van der Waals surface area contributed by atoms with Gasteiger partial charge >= 0.3 is 0 Å². The highest BCUT2D eigenvalue weighted by Crippen LogP contribution is 2.37. The minimum absolute atomic E-state index is 0.0323. The molecule has 22 rings (SSSR count). The fraction of sp³-hybridized carbons (Fsp3) is 0.127. The fourth-order valence-corrected chi connectivity index (χ4v) is 8.71. The normalized spacial score (nSPS) is 14.8. The quantitative estimate of drug-likeness (QED) is 0.0862. The molecule has 0 fully saturated rings. The van der Waals surface area contributed by atoms with Gasteiger partial charge in [0.15, 0.2) is 34.5 Å². The average molecular weight is 983 g/mol. The second kappa shape index (κ2) is 20.2. The Bertz CT molecular complexity index is 3010. The summed E-state index contributed by atoms with van der Waals surface area (Å²) in [4.78, 5) is 80.7. The van der Waals surface area contributed by atoms with Gasteiger partial charge in [-0.2, -0.15) is 0 Å². The summed E-state index contributed by atoms with van der Waals surface area (Å²) in [6.07, 6.45) is 0. The van der Waals surface area contributed by atoms with Gasteiger partial charge in [0.2, 0.25) is 0 Å². The van der Waals surface area contributed by atoms with Gasteiger partial charge in [0, 0.05) is 45.2 Å². The third-order valence-corrected chi connectivity index (χ3v) is 12.7. The Labute approximate surface area is 416 Å². The van der Waals surface area contributed by atoms with Crippen molar-refractivity contribution in [3.63, 3.8) is 0 Å². The Balaban J connectivity index is 1.14. The zero-order chi connectivity index (χ0) is 51.5. The van der Waals surface area contributed by atoms with Gasteiger partial charge in [-0.15, -0.1) is 0 Å². The van der Waals surface area contributed by atoms with E-state index in [1.54, 1.807) is 18.2 Å². The number of phenols is 6. The highest BCUT2D eigenvalue weighted by Gasteiger charge is 2.25. The number of phenolic OH excluding ortho intramolecular Hbond substituents is 6. The number of aromatic hydroxyl groups is 6. The number of amides is 6. The lowest BCUT2D eigenvalue weighted by atomic mass is 9.84. The molecule has 15 aliphatic rings. The van der Waals surface area contributed by atoms with Crippen LogP contribution >= 0.6 is 0 Å². The molecule has 16 bridgehead atoms. The highest BCUT2D eigenvalue weighted by molar-refractivity contribution is 6.05. The Morgan fingerprint density at radius 3 is 0.630 bits per heavy atom. The van der Waals surface area contributed by atoms with Crippen molar-refractivity contribution < 1.29 is 59.4 Å². The summed E-state index contributed by atoms with van der Waals surface area (Å²) < 4.78 is 0. The van der Waals surface area contributed by atoms with Gasteiger partial charge in [-0.05, 0) is 86.5 Å². The fourth-order valence-electron chi connectivity index (χ4n) is 8.71. The summed E-state index contributed by atoms with van der Waals surface area (Å²) in [5.41, 5.74) is 3.94. The van der Waals surface area contributed by atoms with Gasteiger partial charge in [0.25, 0.3) is 35.4 Å². The third kappa shape index (κ3) is 10.1. The summed E-state index contributed by atoms with van der Waals surface area (Å²) in [7, 11) is 0. The van der Waals surface area contributed by atoms with Crippen LogP contribution in [0.1, 0.15) is 118 Å². The first kappa shape index (κ1) is 48.2. The van der Waals surface area contributed by atoms with E-state index >= 15 is 0 Å². The molecule has 15 heterocycles. The SMILES string of the molecule is O=C1NCc2ccc(cc2)C2c3ccc(cc3)CNC(=O)c3ccc(c(O)c3O)C(=O)NCc3cc(cc(c3)CNC(=O)c3ccc(c(O)c3O)C(=O)NCc3ccc2cc3)CNC(=O)c2ccc1c(O)c2O. The van der Waals surface area contributed by atoms with Crippen LogP contribution in [0, 0.1) is 0 Å². The van der Waals surface area contributed by atoms with E-state index in [1.807, 2.05) is 72.8 Å². The first-order valence-corrected chi connectivity index (χ1v) is 22.9. The van der Waals surface area contributed by atoms with Crippen LogP contribution in [0.3, 0.4) is 0 Å². The molecule has 12 N–H and O–H groups in total. The van der Waals surface area contributed by atoms with Crippen LogP contribution in [-0.4, -0.2) is 66.1 Å². The Hall–Kier alpha value is -9.84. The van der Waals surface area contributed by atoms with Crippen molar-refractivity contribution >= 4 is 35.4 Å². The zero-order valence-electron chi connectivity index (χ0n) is 38.6. The van der Waals surface area contributed by atoms with E-state index in [2.05, 4.69) is 31.9 Å². The van der Waals surface area contributed by atoms with E-state index in [0.29, 0.717) is 33.4 Å². The lowest BCUT2D eigenvalue weighted by Gasteiger charge is -2.20. The van der Waals surface area contributed by atoms with Crippen molar-refractivity contribution in [2.24, 2.45) is 0 Å². The van der Waals surface area contributed by atoms with E-state index in [1.165, 1.54) is 36.4 Å². The van der Waals surface area contributed by atoms with Crippen LogP contribution in [0.5, 0.6) is 34.5 Å². The van der Waals surface area contributed by atoms with Crippen molar-refractivity contribution in [2.45, 2.75) is 45.2 Å². The molecule has 368 valence electrons. The van der Waals surface area contributed by atoms with Gasteiger partial charge in [-0.1, -0.05) is 91.0 Å². The van der Waals surface area contributed by atoms with Crippen LogP contribution in [-0.2, 0) is 39.3 Å². The molecule has 0 atom stereocenters. The maximum absolute atomic E-state index is 13.5. The Kier molecular flexibility index (Phi) is 13.4. The number of rotatable bonds is 0. The van der Waals surface area contributed by atoms with Crippen molar-refractivity contribution in [2.75, 3.05) is 0 Å². The molecule has 73 heavy (non-hydrogen) atoms. The molecule has 0 unspecified atom stereocenters. The summed E-state index contributed by atoms with van der Waals surface area (Å²) in [6.45, 7) is -0.539. The molecule has 18 heteroatoms. The number of carbonyl (C=O) groups excluding carboxylic acids is 6. The first-order chi connectivity index (χ1) is 35.1. The maximum Gasteiger partial charge on any atom is 0.255 e. The molecule has 0 aliphatic carbocycles. The van der Waals surface area contributed by atoms with E-state index in [0.717, 1.165) is 16.7 Å². The predicted octanol–water partition coefficient (Wildman–Crippen LogP) is 5.31. The molecule has 7 aromatic carbocycles. The molecule has 0 saturated heterocycles. The lowest BCUT2D eigenvalue weighted by molar-refractivity contribution is 0.0932. The van der Waals surface area contributed by atoms with Crippen LogP contribution in [0.15, 0.2) is 127 Å². The maximum atomic E-state index is 13.5. The van der Waals surface area contributed by atoms with Crippen molar-refractivity contribution in [3.05, 3.63) is 211 Å². The van der Waals surface area contributed by atoms with E-state index in [-0.39, 0.29) is 78.6 Å². The summed E-state index contributed by atoms with van der Waals surface area (Å²) in [5, 5.41) is 82.1. The Morgan fingerprint density at radius 1 is 0.260 bits per heavy atom. The highest BCUT2D eigenvalue weighted by atomic mass is 16.3. The Morgan fingerprint density at radius 2 is 0.438 bits per heavy atom. The smallest absolute Gasteiger partial charge is 0.255 e. The number of hydrogen-bond donors (Lipinski definition) is 12. The van der Waals surface area contributed by atoms with Gasteiger partial charge in [-0.3, -0.25) is 28.8 Å². The minimum Gasteiger partial charge on any atom is -0.504 e. The second-order valence-electron chi connectivity index (χ2n) is 17.5. The molecule has 0 aromatic heterocycles. The number of benzene rings is 7. The minimum atomic E-state index is -0.843. The standard InChI is InChI=1S/C55H46N6O12/c62-44-37-13-16-40(47(44)65)53(71)59-25-31-19-32-21-33(20-31)27-61-55(73)42-18-15-39(46(64)49(42)67)52(70)58-24-30-5-11-36(12-6-30)43(34-7-1-28(2-8-34)22-56-50(37)68)35-9-3-29(4-10-35)23-57-51(69)38-14-17-41(48(66)45(38)63)54(72)60-26-32/h1-21,43,62-67H,22-27H2,(H,56,68)(H,57,69)(H,58,70)(H,59,71)(H,60,72)(H,61,73). The monoisotopic (exact) mass is 982 g/mol. The van der Waals surface area contributed by atoms with Crippen LogP contribution in [0.4, 0.5) is 0 Å². The molecule has 6 amide bonds. The molecule has 7 aromatic rings. The van der Waals surface area contributed by atoms with Crippen LogP contribution in [0.2, 0.25) is 0 Å². The molecule has 0 radical (unpaired) electrons. The molecule has 0 saturated carbocycles. The molecule has 18 nitrogen and oxygen atoms in total. The lowest BCUT2D eigenvalue weighted by Crippen LogP contribution is -2.26. The van der Waals surface area contributed by atoms with E-state index in [4.69, 9.17) is 0 Å². The first-order valence-electron chi connectivity index (χ1n) is 22.9. The third-order valence-electron chi connectivity index (χ3n) is 12.7. The van der Waals surface area contributed by atoms with Gasteiger partial charge in [0.05, 0.1) is 33.4 Å². The average Bonchev–Trinajstić information content (AvgIpc) is 3.39. The topological polar surface area (TPSA) is 296 Å². The van der Waals surface area contributed by atoms with Crippen molar-refractivity contribution in [1.82, 2.24) is 31.9 Å².